The molecular formula is C13H20O3. The zero-order valence-electron chi connectivity index (χ0n) is 10.0. The van der Waals surface area contributed by atoms with Crippen LogP contribution in [0.25, 0.3) is 0 Å². The van der Waals surface area contributed by atoms with Gasteiger partial charge in [0.1, 0.15) is 0 Å². The van der Waals surface area contributed by atoms with Gasteiger partial charge in [0.15, 0.2) is 0 Å². The highest BCUT2D eigenvalue weighted by Gasteiger charge is 2.50. The predicted octanol–water partition coefficient (Wildman–Crippen LogP) is 2.05. The maximum atomic E-state index is 11.4. The van der Waals surface area contributed by atoms with E-state index in [2.05, 4.69) is 6.08 Å². The molecule has 0 aliphatic heterocycles. The van der Waals surface area contributed by atoms with Gasteiger partial charge in [-0.3, -0.25) is 4.79 Å². The molecule has 3 heteroatoms. The first-order valence-corrected chi connectivity index (χ1v) is 6.00. The molecule has 1 fully saturated rings. The maximum absolute atomic E-state index is 11.4. The van der Waals surface area contributed by atoms with Crippen LogP contribution in [0, 0.1) is 11.3 Å². The van der Waals surface area contributed by atoms with Crippen LogP contribution in [0.1, 0.15) is 39.0 Å². The Labute approximate surface area is 96.5 Å². The van der Waals surface area contributed by atoms with Crippen molar-refractivity contribution in [3.63, 3.8) is 0 Å². The third kappa shape index (κ3) is 1.67. The fourth-order valence-corrected chi connectivity index (χ4v) is 3.16. The maximum Gasteiger partial charge on any atom is 0.312 e. The highest BCUT2D eigenvalue weighted by atomic mass is 16.5. The van der Waals surface area contributed by atoms with Crippen molar-refractivity contribution in [1.82, 2.24) is 0 Å². The van der Waals surface area contributed by atoms with E-state index >= 15 is 0 Å². The lowest BCUT2D eigenvalue weighted by atomic mass is 9.67. The monoisotopic (exact) mass is 224 g/mol. The Morgan fingerprint density at radius 3 is 2.62 bits per heavy atom. The number of hydrogen-bond acceptors (Lipinski definition) is 3. The van der Waals surface area contributed by atoms with Crippen LogP contribution in [0.5, 0.6) is 0 Å². The normalized spacial score (nSPS) is 42.6. The summed E-state index contributed by atoms with van der Waals surface area (Å²) >= 11 is 0. The summed E-state index contributed by atoms with van der Waals surface area (Å²) < 4.78 is 4.74. The summed E-state index contributed by atoms with van der Waals surface area (Å²) in [4.78, 5) is 11.4. The third-order valence-electron chi connectivity index (χ3n) is 4.41. The number of methoxy groups -OCH3 is 1. The van der Waals surface area contributed by atoms with E-state index in [0.29, 0.717) is 0 Å². The standard InChI is InChI=1S/C13H20O3/c1-12(15)6-3-7-13(12)8-4-10(5-9-13)11(14)16-2/h4,8,10,15H,3,5-7,9H2,1-2H3/t10-,12-,13+/m1/s1. The first-order valence-electron chi connectivity index (χ1n) is 6.00. The lowest BCUT2D eigenvalue weighted by Gasteiger charge is -2.41. The van der Waals surface area contributed by atoms with E-state index in [1.807, 2.05) is 13.0 Å². The van der Waals surface area contributed by atoms with Crippen molar-refractivity contribution in [2.45, 2.75) is 44.6 Å². The minimum absolute atomic E-state index is 0.0997. The molecule has 0 aromatic heterocycles. The second kappa shape index (κ2) is 3.88. The molecule has 0 heterocycles. The molecule has 2 aliphatic carbocycles. The van der Waals surface area contributed by atoms with E-state index in [-0.39, 0.29) is 17.3 Å². The van der Waals surface area contributed by atoms with Gasteiger partial charge in [0.05, 0.1) is 18.6 Å². The number of hydrogen-bond donors (Lipinski definition) is 1. The second-order valence-electron chi connectivity index (χ2n) is 5.31. The Hall–Kier alpha value is -0.830. The van der Waals surface area contributed by atoms with E-state index in [1.165, 1.54) is 7.11 Å². The summed E-state index contributed by atoms with van der Waals surface area (Å²) in [6, 6.07) is 0. The van der Waals surface area contributed by atoms with Crippen LogP contribution in [-0.4, -0.2) is 23.8 Å². The van der Waals surface area contributed by atoms with Crippen LogP contribution in [0.15, 0.2) is 12.2 Å². The van der Waals surface area contributed by atoms with Crippen molar-refractivity contribution in [1.29, 1.82) is 0 Å². The molecule has 90 valence electrons. The molecule has 0 aromatic rings. The van der Waals surface area contributed by atoms with Gasteiger partial charge in [-0.05, 0) is 39.0 Å². The first kappa shape index (κ1) is 11.6. The van der Waals surface area contributed by atoms with Gasteiger partial charge in [0.2, 0.25) is 0 Å². The van der Waals surface area contributed by atoms with Crippen LogP contribution in [0.2, 0.25) is 0 Å². The molecule has 0 bridgehead atoms. The van der Waals surface area contributed by atoms with E-state index in [4.69, 9.17) is 4.74 Å². The van der Waals surface area contributed by atoms with E-state index in [1.54, 1.807) is 0 Å². The van der Waals surface area contributed by atoms with E-state index in [9.17, 15) is 9.90 Å². The van der Waals surface area contributed by atoms with Crippen LogP contribution in [-0.2, 0) is 9.53 Å². The Kier molecular flexibility index (Phi) is 2.82. The molecule has 0 saturated heterocycles. The summed E-state index contributed by atoms with van der Waals surface area (Å²) in [6.45, 7) is 1.92. The average Bonchev–Trinajstić information content (AvgIpc) is 2.55. The summed E-state index contributed by atoms with van der Waals surface area (Å²) in [7, 11) is 1.42. The summed E-state index contributed by atoms with van der Waals surface area (Å²) in [5, 5.41) is 10.4. The third-order valence-corrected chi connectivity index (χ3v) is 4.41. The topological polar surface area (TPSA) is 46.5 Å². The largest absolute Gasteiger partial charge is 0.469 e. The molecule has 0 amide bonds. The lowest BCUT2D eigenvalue weighted by molar-refractivity contribution is -0.144. The number of rotatable bonds is 1. The van der Waals surface area contributed by atoms with Crippen LogP contribution in [0.4, 0.5) is 0 Å². The van der Waals surface area contributed by atoms with Crippen LogP contribution < -0.4 is 0 Å². The highest BCUT2D eigenvalue weighted by molar-refractivity contribution is 5.74. The number of carbonyl (C=O) groups excluding carboxylic acids is 1. The van der Waals surface area contributed by atoms with Gasteiger partial charge in [0.25, 0.3) is 0 Å². The van der Waals surface area contributed by atoms with Gasteiger partial charge in [-0.1, -0.05) is 12.2 Å². The van der Waals surface area contributed by atoms with Crippen molar-refractivity contribution < 1.29 is 14.6 Å². The lowest BCUT2D eigenvalue weighted by Crippen LogP contribution is -2.42. The summed E-state index contributed by atoms with van der Waals surface area (Å²) in [6.07, 6.45) is 8.63. The van der Waals surface area contributed by atoms with Crippen molar-refractivity contribution in [3.8, 4) is 0 Å². The van der Waals surface area contributed by atoms with E-state index < -0.39 is 5.60 Å². The zero-order valence-corrected chi connectivity index (χ0v) is 10.0. The smallest absolute Gasteiger partial charge is 0.312 e. The Morgan fingerprint density at radius 2 is 2.19 bits per heavy atom. The molecule has 0 aromatic carbocycles. The Morgan fingerprint density at radius 1 is 1.44 bits per heavy atom. The predicted molar refractivity (Wildman–Crippen MR) is 60.8 cm³/mol. The first-order chi connectivity index (χ1) is 7.51. The molecule has 0 radical (unpaired) electrons. The van der Waals surface area contributed by atoms with Crippen molar-refractivity contribution in [3.05, 3.63) is 12.2 Å². The molecule has 1 N–H and O–H groups in total. The van der Waals surface area contributed by atoms with Gasteiger partial charge >= 0.3 is 5.97 Å². The molecule has 2 rings (SSSR count). The second-order valence-corrected chi connectivity index (χ2v) is 5.31. The SMILES string of the molecule is COC(=O)[C@@H]1C=C[C@@]2(CCC[C@@]2(C)O)CC1. The molecule has 1 saturated carbocycles. The molecular weight excluding hydrogens is 204 g/mol. The van der Waals surface area contributed by atoms with Crippen molar-refractivity contribution in [2.24, 2.45) is 11.3 Å². The van der Waals surface area contributed by atoms with Gasteiger partial charge < -0.3 is 9.84 Å². The van der Waals surface area contributed by atoms with Crippen molar-refractivity contribution >= 4 is 5.97 Å². The summed E-state index contributed by atoms with van der Waals surface area (Å²) in [5.41, 5.74) is -0.706. The highest BCUT2D eigenvalue weighted by Crippen LogP contribution is 2.52. The Bertz CT molecular complexity index is 319. The molecule has 16 heavy (non-hydrogen) atoms. The minimum Gasteiger partial charge on any atom is -0.469 e. The van der Waals surface area contributed by atoms with Crippen LogP contribution >= 0.6 is 0 Å². The fourth-order valence-electron chi connectivity index (χ4n) is 3.16. The van der Waals surface area contributed by atoms with Gasteiger partial charge in [-0.25, -0.2) is 0 Å². The minimum atomic E-state index is -0.607. The van der Waals surface area contributed by atoms with E-state index in [0.717, 1.165) is 32.1 Å². The summed E-state index contributed by atoms with van der Waals surface area (Å²) in [5.74, 6) is -0.282. The average molecular weight is 224 g/mol. The van der Waals surface area contributed by atoms with Gasteiger partial charge in [0, 0.05) is 5.41 Å². The fraction of sp³-hybridized carbons (Fsp3) is 0.769. The number of esters is 1. The number of carbonyl (C=O) groups is 1. The number of aliphatic hydroxyl groups is 1. The van der Waals surface area contributed by atoms with Gasteiger partial charge in [-0.15, -0.1) is 0 Å². The zero-order chi connectivity index (χ0) is 11.8. The molecule has 0 unspecified atom stereocenters. The Balaban J connectivity index is 2.16. The van der Waals surface area contributed by atoms with Crippen LogP contribution in [0.3, 0.4) is 0 Å². The molecule has 1 spiro atoms. The molecule has 3 atom stereocenters. The molecule has 3 nitrogen and oxygen atoms in total. The molecule has 2 aliphatic rings. The van der Waals surface area contributed by atoms with Gasteiger partial charge in [-0.2, -0.15) is 0 Å². The number of ether oxygens (including phenoxy) is 1. The quantitative estimate of drug-likeness (QED) is 0.547. The van der Waals surface area contributed by atoms with Crippen molar-refractivity contribution in [2.75, 3.05) is 7.11 Å².